The maximum atomic E-state index is 11.3. The first kappa shape index (κ1) is 12.1. The molecule has 1 aromatic rings. The topological polar surface area (TPSA) is 32.3 Å². The lowest BCUT2D eigenvalue weighted by Gasteiger charge is -2.20. The van der Waals surface area contributed by atoms with Crippen LogP contribution in [0, 0.1) is 12.3 Å². The van der Waals surface area contributed by atoms with Gasteiger partial charge in [-0.05, 0) is 31.2 Å². The first-order valence-electron chi connectivity index (χ1n) is 5.23. The molecule has 0 aliphatic rings. The Bertz CT molecular complexity index is 389. The highest BCUT2D eigenvalue weighted by Gasteiger charge is 2.05. The van der Waals surface area contributed by atoms with E-state index in [1.54, 1.807) is 19.2 Å². The molecule has 1 rings (SSSR count). The predicted octanol–water partition coefficient (Wildman–Crippen LogP) is 1.51. The van der Waals surface area contributed by atoms with Crippen LogP contribution >= 0.6 is 0 Å². The van der Waals surface area contributed by atoms with Crippen LogP contribution in [0.5, 0.6) is 0 Å². The fraction of sp³-hybridized carbons (Fsp3) is 0.308. The van der Waals surface area contributed by atoms with Crippen molar-refractivity contribution in [2.45, 2.75) is 6.92 Å². The van der Waals surface area contributed by atoms with Crippen LogP contribution in [-0.2, 0) is 0 Å². The second kappa shape index (κ2) is 5.82. The van der Waals surface area contributed by atoms with Crippen LogP contribution in [0.1, 0.15) is 17.3 Å². The van der Waals surface area contributed by atoms with E-state index in [4.69, 9.17) is 6.42 Å². The number of hydrogen-bond acceptors (Lipinski definition) is 2. The minimum Gasteiger partial charge on any atom is -0.361 e. The van der Waals surface area contributed by atoms with Crippen molar-refractivity contribution >= 4 is 11.6 Å². The molecule has 0 heterocycles. The molecular formula is C13H16N2O. The minimum atomic E-state index is -0.0773. The molecule has 0 atom stereocenters. The standard InChI is InChI=1S/C13H16N2O/c1-4-10-15(5-2)12-8-6-11(7-9-12)13(16)14-3/h1,6-9H,5,10H2,2-3H3,(H,14,16). The van der Waals surface area contributed by atoms with Gasteiger partial charge in [-0.25, -0.2) is 0 Å². The van der Waals surface area contributed by atoms with Gasteiger partial charge < -0.3 is 10.2 Å². The van der Waals surface area contributed by atoms with Gasteiger partial charge in [0.05, 0.1) is 6.54 Å². The predicted molar refractivity (Wildman–Crippen MR) is 66.6 cm³/mol. The number of nitrogens with one attached hydrogen (secondary N) is 1. The molecular weight excluding hydrogens is 200 g/mol. The van der Waals surface area contributed by atoms with Gasteiger partial charge in [0, 0.05) is 24.8 Å². The van der Waals surface area contributed by atoms with Gasteiger partial charge >= 0.3 is 0 Å². The third kappa shape index (κ3) is 2.77. The minimum absolute atomic E-state index is 0.0773. The summed E-state index contributed by atoms with van der Waals surface area (Å²) in [7, 11) is 1.62. The molecule has 0 bridgehead atoms. The van der Waals surface area contributed by atoms with E-state index < -0.39 is 0 Å². The van der Waals surface area contributed by atoms with Crippen molar-refractivity contribution in [2.75, 3.05) is 25.0 Å². The molecule has 0 aliphatic heterocycles. The Labute approximate surface area is 96.5 Å². The van der Waals surface area contributed by atoms with Gasteiger partial charge in [-0.1, -0.05) is 5.92 Å². The molecule has 3 heteroatoms. The van der Waals surface area contributed by atoms with Gasteiger partial charge in [0.1, 0.15) is 0 Å². The lowest BCUT2D eigenvalue weighted by atomic mass is 10.2. The normalized spacial score (nSPS) is 9.31. The maximum Gasteiger partial charge on any atom is 0.251 e. The van der Waals surface area contributed by atoms with Crippen LogP contribution in [0.2, 0.25) is 0 Å². The molecule has 0 unspecified atom stereocenters. The fourth-order valence-corrected chi connectivity index (χ4v) is 1.46. The second-order valence-corrected chi connectivity index (χ2v) is 3.34. The first-order valence-corrected chi connectivity index (χ1v) is 5.23. The molecule has 0 saturated heterocycles. The highest BCUT2D eigenvalue weighted by Crippen LogP contribution is 2.14. The van der Waals surface area contributed by atoms with Crippen LogP contribution in [0.4, 0.5) is 5.69 Å². The van der Waals surface area contributed by atoms with Crippen LogP contribution < -0.4 is 10.2 Å². The number of nitrogens with zero attached hydrogens (tertiary/aromatic N) is 1. The van der Waals surface area contributed by atoms with E-state index in [2.05, 4.69) is 16.1 Å². The zero-order valence-corrected chi connectivity index (χ0v) is 9.66. The summed E-state index contributed by atoms with van der Waals surface area (Å²) >= 11 is 0. The average molecular weight is 216 g/mol. The molecule has 0 spiro atoms. The molecule has 0 radical (unpaired) electrons. The summed E-state index contributed by atoms with van der Waals surface area (Å²) in [4.78, 5) is 13.4. The Balaban J connectivity index is 2.85. The van der Waals surface area contributed by atoms with Crippen molar-refractivity contribution < 1.29 is 4.79 Å². The molecule has 1 amide bonds. The van der Waals surface area contributed by atoms with Crippen molar-refractivity contribution in [3.63, 3.8) is 0 Å². The first-order chi connectivity index (χ1) is 7.72. The lowest BCUT2D eigenvalue weighted by molar-refractivity contribution is 0.0963. The summed E-state index contributed by atoms with van der Waals surface area (Å²) < 4.78 is 0. The number of amides is 1. The smallest absolute Gasteiger partial charge is 0.251 e. The van der Waals surface area contributed by atoms with E-state index in [1.807, 2.05) is 19.1 Å². The van der Waals surface area contributed by atoms with Gasteiger partial charge in [0.25, 0.3) is 5.91 Å². The van der Waals surface area contributed by atoms with Gasteiger partial charge in [-0.2, -0.15) is 0 Å². The van der Waals surface area contributed by atoms with E-state index in [0.717, 1.165) is 12.2 Å². The van der Waals surface area contributed by atoms with Crippen LogP contribution in [0.15, 0.2) is 24.3 Å². The molecule has 0 saturated carbocycles. The number of terminal acetylenes is 1. The van der Waals surface area contributed by atoms with E-state index in [9.17, 15) is 4.79 Å². The number of hydrogen-bond donors (Lipinski definition) is 1. The quantitative estimate of drug-likeness (QED) is 0.774. The van der Waals surface area contributed by atoms with E-state index in [1.165, 1.54) is 0 Å². The Hall–Kier alpha value is -1.95. The summed E-state index contributed by atoms with van der Waals surface area (Å²) in [5.41, 5.74) is 1.69. The molecule has 16 heavy (non-hydrogen) atoms. The number of carbonyl (C=O) groups excluding carboxylic acids is 1. The summed E-state index contributed by atoms with van der Waals surface area (Å²) in [5, 5.41) is 2.58. The van der Waals surface area contributed by atoms with Crippen LogP contribution in [-0.4, -0.2) is 26.0 Å². The van der Waals surface area contributed by atoms with Crippen molar-refractivity contribution in [1.82, 2.24) is 5.32 Å². The number of rotatable bonds is 4. The lowest BCUT2D eigenvalue weighted by Crippen LogP contribution is -2.23. The molecule has 0 fully saturated rings. The molecule has 0 aliphatic carbocycles. The summed E-state index contributed by atoms with van der Waals surface area (Å²) in [6.07, 6.45) is 5.29. The van der Waals surface area contributed by atoms with Crippen molar-refractivity contribution in [3.8, 4) is 12.3 Å². The maximum absolute atomic E-state index is 11.3. The average Bonchev–Trinajstić information content (AvgIpc) is 2.35. The number of carbonyl (C=O) groups is 1. The molecule has 1 aromatic carbocycles. The largest absolute Gasteiger partial charge is 0.361 e. The van der Waals surface area contributed by atoms with E-state index in [-0.39, 0.29) is 5.91 Å². The SMILES string of the molecule is C#CCN(CC)c1ccc(C(=O)NC)cc1. The van der Waals surface area contributed by atoms with Gasteiger partial charge in [0.15, 0.2) is 0 Å². The summed E-state index contributed by atoms with van der Waals surface area (Å²) in [6, 6.07) is 7.41. The third-order valence-electron chi connectivity index (χ3n) is 2.39. The Morgan fingerprint density at radius 2 is 2.06 bits per heavy atom. The van der Waals surface area contributed by atoms with Gasteiger partial charge in [0.2, 0.25) is 0 Å². The van der Waals surface area contributed by atoms with Gasteiger partial charge in [-0.3, -0.25) is 4.79 Å². The monoisotopic (exact) mass is 216 g/mol. The molecule has 84 valence electrons. The van der Waals surface area contributed by atoms with Crippen LogP contribution in [0.25, 0.3) is 0 Å². The Morgan fingerprint density at radius 3 is 2.50 bits per heavy atom. The summed E-state index contributed by atoms with van der Waals surface area (Å²) in [6.45, 7) is 3.48. The Kier molecular flexibility index (Phi) is 4.41. The second-order valence-electron chi connectivity index (χ2n) is 3.34. The van der Waals surface area contributed by atoms with E-state index in [0.29, 0.717) is 12.1 Å². The zero-order chi connectivity index (χ0) is 12.0. The Morgan fingerprint density at radius 1 is 1.44 bits per heavy atom. The third-order valence-corrected chi connectivity index (χ3v) is 2.39. The summed E-state index contributed by atoms with van der Waals surface area (Å²) in [5.74, 6) is 2.54. The zero-order valence-electron chi connectivity index (χ0n) is 9.66. The molecule has 3 nitrogen and oxygen atoms in total. The highest BCUT2D eigenvalue weighted by molar-refractivity contribution is 5.94. The molecule has 1 N–H and O–H groups in total. The molecule has 0 aromatic heterocycles. The number of anilines is 1. The number of benzene rings is 1. The van der Waals surface area contributed by atoms with Crippen LogP contribution in [0.3, 0.4) is 0 Å². The van der Waals surface area contributed by atoms with Crippen molar-refractivity contribution in [3.05, 3.63) is 29.8 Å². The van der Waals surface area contributed by atoms with Crippen molar-refractivity contribution in [2.24, 2.45) is 0 Å². The van der Waals surface area contributed by atoms with Crippen molar-refractivity contribution in [1.29, 1.82) is 0 Å². The fourth-order valence-electron chi connectivity index (χ4n) is 1.46. The highest BCUT2D eigenvalue weighted by atomic mass is 16.1. The van der Waals surface area contributed by atoms with Gasteiger partial charge in [-0.15, -0.1) is 6.42 Å². The van der Waals surface area contributed by atoms with E-state index >= 15 is 0 Å².